The minimum absolute atomic E-state index is 0.135. The molecule has 0 saturated carbocycles. The van der Waals surface area contributed by atoms with Crippen LogP contribution >= 0.6 is 0 Å². The summed E-state index contributed by atoms with van der Waals surface area (Å²) in [6.07, 6.45) is -0.731. The van der Waals surface area contributed by atoms with Gasteiger partial charge in [-0.1, -0.05) is 13.8 Å². The van der Waals surface area contributed by atoms with Gasteiger partial charge in [0.25, 0.3) is 0 Å². The first-order valence-corrected chi connectivity index (χ1v) is 4.97. The first-order chi connectivity index (χ1) is 7.15. The average Bonchev–Trinajstić information content (AvgIpc) is 2.33. The Balaban J connectivity index is -0.000000166. The number of hydrogen-bond acceptors (Lipinski definition) is 6. The monoisotopic (exact) mass is 227 g/mol. The Bertz CT molecular complexity index is 81.1. The summed E-state index contributed by atoms with van der Waals surface area (Å²) in [7, 11) is 0. The summed E-state index contributed by atoms with van der Waals surface area (Å²) in [5.74, 6) is -0.347. The zero-order chi connectivity index (χ0) is 12.7. The van der Waals surface area contributed by atoms with Crippen molar-refractivity contribution in [1.82, 2.24) is 0 Å². The van der Waals surface area contributed by atoms with Gasteiger partial charge in [0.15, 0.2) is 0 Å². The molecule has 0 heterocycles. The maximum atomic E-state index is 8.29. The fraction of sp³-hybridized carbons (Fsp3) is 1.00. The third kappa shape index (κ3) is 20.0. The predicted molar refractivity (Wildman–Crippen MR) is 58.2 cm³/mol. The highest BCUT2D eigenvalue weighted by atomic mass is 16.3. The van der Waals surface area contributed by atoms with E-state index >= 15 is 0 Å². The number of nitrogens with two attached hydrogens (primary N) is 1. The van der Waals surface area contributed by atoms with Crippen LogP contribution in [0, 0.1) is 5.92 Å². The van der Waals surface area contributed by atoms with Crippen LogP contribution in [-0.4, -0.2) is 64.6 Å². The summed E-state index contributed by atoms with van der Waals surface area (Å²) in [6, 6.07) is 0. The molecule has 6 nitrogen and oxygen atoms in total. The van der Waals surface area contributed by atoms with Gasteiger partial charge in [0.2, 0.25) is 0 Å². The van der Waals surface area contributed by atoms with Crippen molar-refractivity contribution < 1.29 is 25.5 Å². The van der Waals surface area contributed by atoms with E-state index < -0.39 is 6.10 Å². The number of hydrogen-bond donors (Lipinski definition) is 6. The molecule has 7 N–H and O–H groups in total. The van der Waals surface area contributed by atoms with E-state index in [1.807, 2.05) is 13.8 Å². The fourth-order valence-electron chi connectivity index (χ4n) is 0.248. The quantitative estimate of drug-likeness (QED) is 0.319. The van der Waals surface area contributed by atoms with E-state index in [4.69, 9.17) is 31.3 Å². The zero-order valence-electron chi connectivity index (χ0n) is 9.50. The van der Waals surface area contributed by atoms with Crippen molar-refractivity contribution in [2.45, 2.75) is 20.0 Å². The zero-order valence-corrected chi connectivity index (χ0v) is 9.50. The van der Waals surface area contributed by atoms with Crippen LogP contribution in [-0.2, 0) is 0 Å². The lowest BCUT2D eigenvalue weighted by molar-refractivity contribution is 0.0969. The maximum Gasteiger partial charge on any atom is 0.0892 e. The molecule has 0 aliphatic carbocycles. The van der Waals surface area contributed by atoms with Crippen LogP contribution in [0.3, 0.4) is 0 Å². The highest BCUT2D eigenvalue weighted by Crippen LogP contribution is 1.87. The largest absolute Gasteiger partial charge is 0.396 e. The Kier molecular flexibility index (Phi) is 26.1. The Morgan fingerprint density at radius 2 is 1.20 bits per heavy atom. The SMILES string of the molecule is CC.NCC(O)CO.OCC(CO)CO. The van der Waals surface area contributed by atoms with Gasteiger partial charge >= 0.3 is 0 Å². The minimum atomic E-state index is -0.731. The van der Waals surface area contributed by atoms with Crippen molar-refractivity contribution >= 4 is 0 Å². The van der Waals surface area contributed by atoms with E-state index in [-0.39, 0.29) is 38.9 Å². The van der Waals surface area contributed by atoms with Crippen LogP contribution in [0.1, 0.15) is 13.8 Å². The third-order valence-corrected chi connectivity index (χ3v) is 1.26. The van der Waals surface area contributed by atoms with Crippen LogP contribution in [0.25, 0.3) is 0 Å². The first-order valence-electron chi connectivity index (χ1n) is 4.97. The molecule has 0 aromatic carbocycles. The minimum Gasteiger partial charge on any atom is -0.396 e. The summed E-state index contributed by atoms with van der Waals surface area (Å²) in [5, 5.41) is 40.9. The molecule has 96 valence electrons. The van der Waals surface area contributed by atoms with Crippen LogP contribution in [0.4, 0.5) is 0 Å². The Morgan fingerprint density at radius 1 is 0.867 bits per heavy atom. The van der Waals surface area contributed by atoms with Gasteiger partial charge in [-0.25, -0.2) is 0 Å². The van der Waals surface area contributed by atoms with Crippen molar-refractivity contribution in [2.24, 2.45) is 11.7 Å². The van der Waals surface area contributed by atoms with Crippen LogP contribution in [0.15, 0.2) is 0 Å². The van der Waals surface area contributed by atoms with Crippen molar-refractivity contribution in [2.75, 3.05) is 33.0 Å². The lowest BCUT2D eigenvalue weighted by Gasteiger charge is -2.02. The second-order valence-electron chi connectivity index (χ2n) is 2.49. The van der Waals surface area contributed by atoms with Crippen LogP contribution in [0.2, 0.25) is 0 Å². The summed E-state index contributed by atoms with van der Waals surface area (Å²) in [6.45, 7) is 3.46. The molecule has 6 heteroatoms. The van der Waals surface area contributed by atoms with Gasteiger partial charge in [-0.05, 0) is 0 Å². The molecule has 0 saturated heterocycles. The molecule has 0 aromatic heterocycles. The van der Waals surface area contributed by atoms with E-state index in [0.29, 0.717) is 0 Å². The summed E-state index contributed by atoms with van der Waals surface area (Å²) in [4.78, 5) is 0. The lowest BCUT2D eigenvalue weighted by atomic mass is 10.2. The second kappa shape index (κ2) is 19.4. The van der Waals surface area contributed by atoms with E-state index in [9.17, 15) is 0 Å². The molecule has 0 aliphatic heterocycles. The van der Waals surface area contributed by atoms with E-state index in [2.05, 4.69) is 0 Å². The van der Waals surface area contributed by atoms with Crippen LogP contribution < -0.4 is 5.73 Å². The van der Waals surface area contributed by atoms with Gasteiger partial charge < -0.3 is 31.3 Å². The number of aliphatic hydroxyl groups is 5. The molecular formula is C9H25NO5. The lowest BCUT2D eigenvalue weighted by Crippen LogP contribution is -2.22. The summed E-state index contributed by atoms with van der Waals surface area (Å²) in [5.41, 5.74) is 4.87. The topological polar surface area (TPSA) is 127 Å². The van der Waals surface area contributed by atoms with Crippen molar-refractivity contribution in [3.63, 3.8) is 0 Å². The Morgan fingerprint density at radius 3 is 1.20 bits per heavy atom. The molecular weight excluding hydrogens is 202 g/mol. The Labute approximate surface area is 91.0 Å². The van der Waals surface area contributed by atoms with Gasteiger partial charge in [-0.15, -0.1) is 0 Å². The maximum absolute atomic E-state index is 8.29. The highest BCUT2D eigenvalue weighted by molar-refractivity contribution is 4.49. The summed E-state index contributed by atoms with van der Waals surface area (Å²) >= 11 is 0. The summed E-state index contributed by atoms with van der Waals surface area (Å²) < 4.78 is 0. The molecule has 0 bridgehead atoms. The van der Waals surface area contributed by atoms with Gasteiger partial charge in [0.1, 0.15) is 0 Å². The van der Waals surface area contributed by atoms with E-state index in [1.165, 1.54) is 0 Å². The molecule has 0 spiro atoms. The normalized spacial score (nSPS) is 11.0. The van der Waals surface area contributed by atoms with Gasteiger partial charge in [0.05, 0.1) is 32.5 Å². The molecule has 0 radical (unpaired) electrons. The molecule has 15 heavy (non-hydrogen) atoms. The average molecular weight is 227 g/mol. The highest BCUT2D eigenvalue weighted by Gasteiger charge is 2.00. The van der Waals surface area contributed by atoms with E-state index in [0.717, 1.165) is 0 Å². The molecule has 1 unspecified atom stereocenters. The third-order valence-electron chi connectivity index (χ3n) is 1.26. The fourth-order valence-corrected chi connectivity index (χ4v) is 0.248. The molecule has 0 rings (SSSR count). The van der Waals surface area contributed by atoms with Gasteiger partial charge in [0, 0.05) is 12.5 Å². The molecule has 0 aliphatic rings. The standard InChI is InChI=1S/C4H10O3.C3H9NO2.C2H6/c5-1-4(2-6)3-7;4-1-3(6)2-5;1-2/h4-7H,1-3H2;3,5-6H,1-2,4H2;1-2H3. The van der Waals surface area contributed by atoms with Crippen LogP contribution in [0.5, 0.6) is 0 Å². The second-order valence-corrected chi connectivity index (χ2v) is 2.49. The van der Waals surface area contributed by atoms with E-state index in [1.54, 1.807) is 0 Å². The number of rotatable bonds is 5. The predicted octanol–water partition coefficient (Wildman–Crippen LogP) is -2.10. The van der Waals surface area contributed by atoms with Gasteiger partial charge in [-0.3, -0.25) is 0 Å². The smallest absolute Gasteiger partial charge is 0.0892 e. The number of aliphatic hydroxyl groups excluding tert-OH is 5. The molecule has 1 atom stereocenters. The van der Waals surface area contributed by atoms with Crippen molar-refractivity contribution in [3.8, 4) is 0 Å². The van der Waals surface area contributed by atoms with Crippen molar-refractivity contribution in [3.05, 3.63) is 0 Å². The first kappa shape index (κ1) is 20.2. The molecule has 0 aromatic rings. The van der Waals surface area contributed by atoms with Gasteiger partial charge in [-0.2, -0.15) is 0 Å². The van der Waals surface area contributed by atoms with Crippen molar-refractivity contribution in [1.29, 1.82) is 0 Å². The molecule has 0 amide bonds. The molecule has 0 fully saturated rings. The Hall–Kier alpha value is -0.240.